The van der Waals surface area contributed by atoms with Gasteiger partial charge in [0.05, 0.1) is 16.9 Å². The summed E-state index contributed by atoms with van der Waals surface area (Å²) in [6.07, 6.45) is 1.28. The standard InChI is InChI=1S/C13H10N6O3S/c14-5-8-6-16-13(18-12(8)15)23-7-11(20)17-9-2-1-3-10(4-9)19(21)22/h1-4,6H,7H2,(H,17,20)(H2,15,16,18). The number of non-ortho nitro benzene ring substituents is 1. The number of amides is 1. The van der Waals surface area contributed by atoms with Gasteiger partial charge in [-0.1, -0.05) is 17.8 Å². The first-order valence-electron chi connectivity index (χ1n) is 6.19. The number of carbonyl (C=O) groups excluding carboxylic acids is 1. The van der Waals surface area contributed by atoms with Crippen LogP contribution in [0.1, 0.15) is 5.56 Å². The number of carbonyl (C=O) groups is 1. The van der Waals surface area contributed by atoms with Crippen molar-refractivity contribution in [3.63, 3.8) is 0 Å². The number of rotatable bonds is 5. The van der Waals surface area contributed by atoms with E-state index in [4.69, 9.17) is 11.0 Å². The monoisotopic (exact) mass is 330 g/mol. The molecule has 2 rings (SSSR count). The zero-order valence-corrected chi connectivity index (χ0v) is 12.4. The number of hydrogen-bond donors (Lipinski definition) is 2. The second-order valence-electron chi connectivity index (χ2n) is 4.21. The molecule has 1 aromatic carbocycles. The van der Waals surface area contributed by atoms with Crippen LogP contribution in [0.15, 0.2) is 35.6 Å². The minimum atomic E-state index is -0.544. The van der Waals surface area contributed by atoms with Crippen LogP contribution in [0.2, 0.25) is 0 Å². The molecule has 0 atom stereocenters. The third kappa shape index (κ3) is 4.39. The molecule has 2 aromatic rings. The summed E-state index contributed by atoms with van der Waals surface area (Å²) in [6, 6.07) is 7.46. The molecule has 0 bridgehead atoms. The van der Waals surface area contributed by atoms with Crippen molar-refractivity contribution in [3.8, 4) is 6.07 Å². The van der Waals surface area contributed by atoms with E-state index in [2.05, 4.69) is 15.3 Å². The van der Waals surface area contributed by atoms with E-state index in [0.29, 0.717) is 5.69 Å². The molecule has 3 N–H and O–H groups in total. The van der Waals surface area contributed by atoms with Crippen molar-refractivity contribution in [2.24, 2.45) is 0 Å². The molecular formula is C13H10N6O3S. The maximum absolute atomic E-state index is 11.8. The molecule has 0 aliphatic carbocycles. The molecule has 23 heavy (non-hydrogen) atoms. The van der Waals surface area contributed by atoms with Crippen molar-refractivity contribution in [1.82, 2.24) is 9.97 Å². The van der Waals surface area contributed by atoms with Crippen LogP contribution in [0.3, 0.4) is 0 Å². The van der Waals surface area contributed by atoms with E-state index in [1.54, 1.807) is 6.07 Å². The van der Waals surface area contributed by atoms with Gasteiger partial charge in [0.1, 0.15) is 17.5 Å². The van der Waals surface area contributed by atoms with Gasteiger partial charge in [-0.05, 0) is 6.07 Å². The Morgan fingerprint density at radius 2 is 2.30 bits per heavy atom. The number of nitro benzene ring substituents is 1. The summed E-state index contributed by atoms with van der Waals surface area (Å²) in [4.78, 5) is 29.8. The summed E-state index contributed by atoms with van der Waals surface area (Å²) < 4.78 is 0. The fourth-order valence-corrected chi connectivity index (χ4v) is 2.18. The van der Waals surface area contributed by atoms with Gasteiger partial charge in [-0.15, -0.1) is 0 Å². The predicted molar refractivity (Wildman–Crippen MR) is 83.6 cm³/mol. The number of nitrogens with zero attached hydrogens (tertiary/aromatic N) is 4. The Balaban J connectivity index is 1.95. The van der Waals surface area contributed by atoms with Crippen LogP contribution < -0.4 is 11.1 Å². The molecule has 0 aliphatic heterocycles. The first kappa shape index (κ1) is 16.2. The van der Waals surface area contributed by atoms with Crippen LogP contribution in [0.4, 0.5) is 17.2 Å². The first-order valence-corrected chi connectivity index (χ1v) is 7.18. The molecule has 1 heterocycles. The number of nitrogens with two attached hydrogens (primary N) is 1. The lowest BCUT2D eigenvalue weighted by Gasteiger charge is -2.05. The number of nitriles is 1. The third-order valence-electron chi connectivity index (χ3n) is 2.59. The molecule has 0 radical (unpaired) electrons. The highest BCUT2D eigenvalue weighted by atomic mass is 32.2. The van der Waals surface area contributed by atoms with Crippen LogP contribution >= 0.6 is 11.8 Å². The zero-order valence-electron chi connectivity index (χ0n) is 11.6. The van der Waals surface area contributed by atoms with Gasteiger partial charge >= 0.3 is 0 Å². The molecular weight excluding hydrogens is 320 g/mol. The van der Waals surface area contributed by atoms with E-state index >= 15 is 0 Å². The van der Waals surface area contributed by atoms with Gasteiger partial charge in [-0.2, -0.15) is 5.26 Å². The highest BCUT2D eigenvalue weighted by Gasteiger charge is 2.10. The summed E-state index contributed by atoms with van der Waals surface area (Å²) in [5.41, 5.74) is 5.93. The molecule has 0 fully saturated rings. The minimum Gasteiger partial charge on any atom is -0.382 e. The molecule has 0 unspecified atom stereocenters. The van der Waals surface area contributed by atoms with Gasteiger partial charge in [0.25, 0.3) is 5.69 Å². The van der Waals surface area contributed by atoms with Gasteiger partial charge in [0.2, 0.25) is 5.91 Å². The van der Waals surface area contributed by atoms with Crippen LogP contribution in [0, 0.1) is 21.4 Å². The maximum atomic E-state index is 11.8. The van der Waals surface area contributed by atoms with Crippen molar-refractivity contribution in [2.75, 3.05) is 16.8 Å². The third-order valence-corrected chi connectivity index (χ3v) is 3.45. The first-order chi connectivity index (χ1) is 11.0. The summed E-state index contributed by atoms with van der Waals surface area (Å²) in [5, 5.41) is 22.2. The SMILES string of the molecule is N#Cc1cnc(SCC(=O)Nc2cccc([N+](=O)[O-])c2)nc1N. The van der Waals surface area contributed by atoms with Crippen LogP contribution in [-0.2, 0) is 4.79 Å². The zero-order chi connectivity index (χ0) is 16.8. The molecule has 116 valence electrons. The second kappa shape index (κ2) is 7.19. The Morgan fingerprint density at radius 3 is 2.96 bits per heavy atom. The molecule has 9 nitrogen and oxygen atoms in total. The van der Waals surface area contributed by atoms with Crippen molar-refractivity contribution in [2.45, 2.75) is 5.16 Å². The number of thioether (sulfide) groups is 1. The predicted octanol–water partition coefficient (Wildman–Crippen LogP) is 1.57. The van der Waals surface area contributed by atoms with Crippen molar-refractivity contribution >= 4 is 34.9 Å². The van der Waals surface area contributed by atoms with E-state index in [1.165, 1.54) is 24.4 Å². The summed E-state index contributed by atoms with van der Waals surface area (Å²) in [5.74, 6) is -0.334. The molecule has 1 aromatic heterocycles. The highest BCUT2D eigenvalue weighted by Crippen LogP contribution is 2.19. The fourth-order valence-electron chi connectivity index (χ4n) is 1.56. The average Bonchev–Trinajstić information content (AvgIpc) is 2.53. The summed E-state index contributed by atoms with van der Waals surface area (Å²) >= 11 is 1.03. The minimum absolute atomic E-state index is 0.00592. The Labute approximate surface area is 134 Å². The van der Waals surface area contributed by atoms with E-state index in [-0.39, 0.29) is 33.9 Å². The number of anilines is 2. The van der Waals surface area contributed by atoms with Gasteiger partial charge < -0.3 is 11.1 Å². The second-order valence-corrected chi connectivity index (χ2v) is 5.15. The Morgan fingerprint density at radius 1 is 1.52 bits per heavy atom. The number of hydrogen-bond acceptors (Lipinski definition) is 8. The van der Waals surface area contributed by atoms with Crippen LogP contribution in [-0.4, -0.2) is 26.6 Å². The molecule has 10 heteroatoms. The molecule has 0 spiro atoms. The lowest BCUT2D eigenvalue weighted by atomic mass is 10.3. The number of nitro groups is 1. The lowest BCUT2D eigenvalue weighted by Crippen LogP contribution is -2.14. The lowest BCUT2D eigenvalue weighted by molar-refractivity contribution is -0.384. The maximum Gasteiger partial charge on any atom is 0.271 e. The summed E-state index contributed by atoms with van der Waals surface area (Å²) in [7, 11) is 0. The smallest absolute Gasteiger partial charge is 0.271 e. The average molecular weight is 330 g/mol. The highest BCUT2D eigenvalue weighted by molar-refractivity contribution is 7.99. The number of nitrogen functional groups attached to an aromatic ring is 1. The normalized spacial score (nSPS) is 9.87. The number of benzene rings is 1. The molecule has 0 saturated heterocycles. The van der Waals surface area contributed by atoms with E-state index < -0.39 is 4.92 Å². The number of nitrogens with one attached hydrogen (secondary N) is 1. The fraction of sp³-hybridized carbons (Fsp3) is 0.0769. The molecule has 1 amide bonds. The Kier molecular flexibility index (Phi) is 5.06. The number of aromatic nitrogens is 2. The molecule has 0 aliphatic rings. The Bertz CT molecular complexity index is 805. The summed E-state index contributed by atoms with van der Waals surface area (Å²) in [6.45, 7) is 0. The topological polar surface area (TPSA) is 148 Å². The van der Waals surface area contributed by atoms with Crippen LogP contribution in [0.5, 0.6) is 0 Å². The van der Waals surface area contributed by atoms with Gasteiger partial charge in [0.15, 0.2) is 5.16 Å². The van der Waals surface area contributed by atoms with E-state index in [9.17, 15) is 14.9 Å². The van der Waals surface area contributed by atoms with Crippen molar-refractivity contribution < 1.29 is 9.72 Å². The van der Waals surface area contributed by atoms with Crippen molar-refractivity contribution in [3.05, 3.63) is 46.1 Å². The van der Waals surface area contributed by atoms with Gasteiger partial charge in [-0.3, -0.25) is 14.9 Å². The van der Waals surface area contributed by atoms with Gasteiger partial charge in [-0.25, -0.2) is 9.97 Å². The van der Waals surface area contributed by atoms with Crippen molar-refractivity contribution in [1.29, 1.82) is 5.26 Å². The Hall–Kier alpha value is -3.19. The van der Waals surface area contributed by atoms with E-state index in [1.807, 2.05) is 6.07 Å². The van der Waals surface area contributed by atoms with E-state index in [0.717, 1.165) is 11.8 Å². The quantitative estimate of drug-likeness (QED) is 0.363. The van der Waals surface area contributed by atoms with Crippen LogP contribution in [0.25, 0.3) is 0 Å². The molecule has 0 saturated carbocycles. The largest absolute Gasteiger partial charge is 0.382 e. The van der Waals surface area contributed by atoms with Gasteiger partial charge in [0, 0.05) is 17.8 Å².